The number of benzene rings is 1. The Balaban J connectivity index is 1.49. The van der Waals surface area contributed by atoms with Crippen molar-refractivity contribution in [3.63, 3.8) is 0 Å². The number of likely N-dealkylation sites (tertiary alicyclic amines) is 1. The van der Waals surface area contributed by atoms with Gasteiger partial charge >= 0.3 is 0 Å². The maximum Gasteiger partial charge on any atom is 0.257 e. The molecule has 0 N–H and O–H groups in total. The van der Waals surface area contributed by atoms with Gasteiger partial charge in [-0.25, -0.2) is 4.68 Å². The average Bonchev–Trinajstić information content (AvgIpc) is 3.45. The first-order valence-electron chi connectivity index (χ1n) is 9.54. The summed E-state index contributed by atoms with van der Waals surface area (Å²) in [4.78, 5) is 15.3. The lowest BCUT2D eigenvalue weighted by molar-refractivity contribution is 0.0728. The Morgan fingerprint density at radius 3 is 2.93 bits per heavy atom. The van der Waals surface area contributed by atoms with Crippen molar-refractivity contribution in [2.24, 2.45) is 0 Å². The van der Waals surface area contributed by atoms with Gasteiger partial charge in [-0.05, 0) is 50.1 Å². The zero-order valence-electron chi connectivity index (χ0n) is 15.9. The first-order chi connectivity index (χ1) is 14.1. The van der Waals surface area contributed by atoms with Crippen LogP contribution in [-0.2, 0) is 0 Å². The smallest absolute Gasteiger partial charge is 0.257 e. The molecule has 1 atom stereocenters. The van der Waals surface area contributed by atoms with Crippen molar-refractivity contribution in [1.82, 2.24) is 29.3 Å². The minimum atomic E-state index is -0.103. The molecule has 3 aromatic heterocycles. The molecular formula is C21H19ClN6O. The molecule has 1 aromatic carbocycles. The van der Waals surface area contributed by atoms with Gasteiger partial charge in [-0.2, -0.15) is 5.10 Å². The molecule has 1 fully saturated rings. The highest BCUT2D eigenvalue weighted by Gasteiger charge is 2.35. The standard InChI is InChI=1S/C21H19ClN6O/c1-14-17(13-23-28(14)16-7-4-6-15(22)12-16)21(29)26-11-5-8-18(26)20-25-24-19-9-2-3-10-27(19)20/h2-4,6-7,9-10,12-13,18H,5,8,11H2,1H3. The molecule has 1 unspecified atom stereocenters. The molecule has 0 bridgehead atoms. The van der Waals surface area contributed by atoms with E-state index in [0.717, 1.165) is 35.7 Å². The highest BCUT2D eigenvalue weighted by Crippen LogP contribution is 2.33. The summed E-state index contributed by atoms with van der Waals surface area (Å²) >= 11 is 6.11. The Hall–Kier alpha value is -3.19. The molecule has 7 nitrogen and oxygen atoms in total. The van der Waals surface area contributed by atoms with Gasteiger partial charge in [0.05, 0.1) is 29.2 Å². The second-order valence-electron chi connectivity index (χ2n) is 7.18. The van der Waals surface area contributed by atoms with E-state index < -0.39 is 0 Å². The van der Waals surface area contributed by atoms with E-state index in [0.29, 0.717) is 17.1 Å². The molecule has 29 heavy (non-hydrogen) atoms. The molecule has 0 saturated carbocycles. The molecule has 4 aromatic rings. The SMILES string of the molecule is Cc1c(C(=O)N2CCCC2c2nnc3ccccn23)cnn1-c1cccc(Cl)c1. The number of carbonyl (C=O) groups excluding carboxylic acids is 1. The number of carbonyl (C=O) groups is 1. The summed E-state index contributed by atoms with van der Waals surface area (Å²) in [5.74, 6) is 0.761. The van der Waals surface area contributed by atoms with Crippen molar-refractivity contribution in [2.45, 2.75) is 25.8 Å². The van der Waals surface area contributed by atoms with Crippen LogP contribution in [0.2, 0.25) is 5.02 Å². The third-order valence-corrected chi connectivity index (χ3v) is 5.68. The van der Waals surface area contributed by atoms with Gasteiger partial charge in [-0.15, -0.1) is 10.2 Å². The summed E-state index contributed by atoms with van der Waals surface area (Å²) in [6.07, 6.45) is 5.37. The van der Waals surface area contributed by atoms with Gasteiger partial charge in [-0.3, -0.25) is 9.20 Å². The largest absolute Gasteiger partial charge is 0.328 e. The fourth-order valence-corrected chi connectivity index (χ4v) is 4.19. The Kier molecular flexibility index (Phi) is 4.32. The van der Waals surface area contributed by atoms with E-state index in [1.54, 1.807) is 10.9 Å². The van der Waals surface area contributed by atoms with Crippen LogP contribution in [0.25, 0.3) is 11.3 Å². The molecular weight excluding hydrogens is 388 g/mol. The highest BCUT2D eigenvalue weighted by molar-refractivity contribution is 6.30. The summed E-state index contributed by atoms with van der Waals surface area (Å²) < 4.78 is 3.70. The van der Waals surface area contributed by atoms with Crippen molar-refractivity contribution in [2.75, 3.05) is 6.54 Å². The zero-order chi connectivity index (χ0) is 20.0. The monoisotopic (exact) mass is 406 g/mol. The Morgan fingerprint density at radius 1 is 1.17 bits per heavy atom. The van der Waals surface area contributed by atoms with Crippen molar-refractivity contribution < 1.29 is 4.79 Å². The van der Waals surface area contributed by atoms with E-state index in [-0.39, 0.29) is 11.9 Å². The zero-order valence-corrected chi connectivity index (χ0v) is 16.6. The molecule has 1 aliphatic rings. The molecule has 8 heteroatoms. The number of rotatable bonds is 3. The number of halogens is 1. The third kappa shape index (κ3) is 2.98. The van der Waals surface area contributed by atoms with E-state index in [1.807, 2.05) is 64.9 Å². The second-order valence-corrected chi connectivity index (χ2v) is 7.62. The van der Waals surface area contributed by atoms with Crippen LogP contribution >= 0.6 is 11.6 Å². The summed E-state index contributed by atoms with van der Waals surface area (Å²) in [5, 5.41) is 13.7. The van der Waals surface area contributed by atoms with Crippen molar-refractivity contribution in [1.29, 1.82) is 0 Å². The van der Waals surface area contributed by atoms with Gasteiger partial charge in [-0.1, -0.05) is 23.7 Å². The molecule has 0 spiro atoms. The predicted octanol–water partition coefficient (Wildman–Crippen LogP) is 3.85. The van der Waals surface area contributed by atoms with Crippen LogP contribution in [0.15, 0.2) is 54.9 Å². The van der Waals surface area contributed by atoms with Gasteiger partial charge in [0.2, 0.25) is 0 Å². The predicted molar refractivity (Wildman–Crippen MR) is 109 cm³/mol. The van der Waals surface area contributed by atoms with Crippen LogP contribution in [0.5, 0.6) is 0 Å². The topological polar surface area (TPSA) is 68.3 Å². The lowest BCUT2D eigenvalue weighted by atomic mass is 10.1. The Bertz CT molecular complexity index is 1210. The third-order valence-electron chi connectivity index (χ3n) is 5.44. The Labute approximate surface area is 172 Å². The van der Waals surface area contributed by atoms with E-state index in [9.17, 15) is 4.79 Å². The maximum absolute atomic E-state index is 13.4. The second kappa shape index (κ2) is 7.00. The number of amides is 1. The molecule has 5 rings (SSSR count). The van der Waals surface area contributed by atoms with Gasteiger partial charge in [0.15, 0.2) is 11.5 Å². The van der Waals surface area contributed by atoms with E-state index in [2.05, 4.69) is 15.3 Å². The van der Waals surface area contributed by atoms with Gasteiger partial charge < -0.3 is 4.90 Å². The van der Waals surface area contributed by atoms with Crippen LogP contribution < -0.4 is 0 Å². The van der Waals surface area contributed by atoms with Gasteiger partial charge in [0.25, 0.3) is 5.91 Å². The summed E-state index contributed by atoms with van der Waals surface area (Å²) in [6, 6.07) is 13.1. The Morgan fingerprint density at radius 2 is 2.07 bits per heavy atom. The number of hydrogen-bond donors (Lipinski definition) is 0. The highest BCUT2D eigenvalue weighted by atomic mass is 35.5. The maximum atomic E-state index is 13.4. The number of hydrogen-bond acceptors (Lipinski definition) is 4. The molecule has 0 aliphatic carbocycles. The first kappa shape index (κ1) is 17.9. The lowest BCUT2D eigenvalue weighted by Gasteiger charge is -2.23. The van der Waals surface area contributed by atoms with Crippen LogP contribution in [0.4, 0.5) is 0 Å². The number of nitrogens with zero attached hydrogens (tertiary/aromatic N) is 6. The molecule has 146 valence electrons. The summed E-state index contributed by atoms with van der Waals surface area (Å²) in [6.45, 7) is 2.59. The number of pyridine rings is 1. The summed E-state index contributed by atoms with van der Waals surface area (Å²) in [5.41, 5.74) is 2.99. The number of aromatic nitrogens is 5. The molecule has 0 radical (unpaired) electrons. The van der Waals surface area contributed by atoms with Crippen molar-refractivity contribution in [3.05, 3.63) is 77.0 Å². The molecule has 1 aliphatic heterocycles. The van der Waals surface area contributed by atoms with Crippen LogP contribution in [0.3, 0.4) is 0 Å². The van der Waals surface area contributed by atoms with E-state index >= 15 is 0 Å². The minimum absolute atomic E-state index is 0.0361. The van der Waals surface area contributed by atoms with Crippen LogP contribution in [-0.4, -0.2) is 41.7 Å². The van der Waals surface area contributed by atoms with E-state index in [4.69, 9.17) is 11.6 Å². The van der Waals surface area contributed by atoms with Gasteiger partial charge in [0, 0.05) is 17.8 Å². The fraction of sp³-hybridized carbons (Fsp3) is 0.238. The van der Waals surface area contributed by atoms with Crippen molar-refractivity contribution in [3.8, 4) is 5.69 Å². The lowest BCUT2D eigenvalue weighted by Crippen LogP contribution is -2.31. The average molecular weight is 407 g/mol. The van der Waals surface area contributed by atoms with Gasteiger partial charge in [0.1, 0.15) is 0 Å². The quantitative estimate of drug-likeness (QED) is 0.518. The van der Waals surface area contributed by atoms with Crippen LogP contribution in [0, 0.1) is 6.92 Å². The summed E-state index contributed by atoms with van der Waals surface area (Å²) in [7, 11) is 0. The van der Waals surface area contributed by atoms with Crippen molar-refractivity contribution >= 4 is 23.2 Å². The normalized spacial score (nSPS) is 16.6. The van der Waals surface area contributed by atoms with Crippen LogP contribution in [0.1, 0.15) is 40.8 Å². The van der Waals surface area contributed by atoms with E-state index in [1.165, 1.54) is 0 Å². The fourth-order valence-electron chi connectivity index (χ4n) is 4.01. The first-order valence-corrected chi connectivity index (χ1v) is 9.92. The molecule has 4 heterocycles. The molecule has 1 saturated heterocycles. The minimum Gasteiger partial charge on any atom is -0.328 e. The molecule has 1 amide bonds. The number of fused-ring (bicyclic) bond motifs is 1.